The van der Waals surface area contributed by atoms with Crippen molar-refractivity contribution in [3.05, 3.63) is 23.9 Å². The molecule has 3 N–H and O–H groups in total. The summed E-state index contributed by atoms with van der Waals surface area (Å²) in [5.41, 5.74) is 6.48. The third kappa shape index (κ3) is 3.48. The van der Waals surface area contributed by atoms with Gasteiger partial charge in [-0.2, -0.15) is 0 Å². The Morgan fingerprint density at radius 2 is 2.40 bits per heavy atom. The van der Waals surface area contributed by atoms with Crippen LogP contribution in [-0.4, -0.2) is 23.5 Å². The van der Waals surface area contributed by atoms with Crippen LogP contribution in [0.2, 0.25) is 0 Å². The van der Waals surface area contributed by atoms with E-state index in [2.05, 4.69) is 17.2 Å². The monoisotopic (exact) mass is 277 g/mol. The van der Waals surface area contributed by atoms with Crippen LogP contribution in [0.25, 0.3) is 0 Å². The lowest BCUT2D eigenvalue weighted by molar-refractivity contribution is -0.128. The number of pyridine rings is 1. The maximum Gasteiger partial charge on any atom is 0.240 e. The Hall–Kier alpha value is -1.62. The molecular formula is C15H23N3O2. The number of ether oxygens (including phenoxy) is 1. The summed E-state index contributed by atoms with van der Waals surface area (Å²) in [6, 6.07) is 3.67. The van der Waals surface area contributed by atoms with E-state index in [9.17, 15) is 4.79 Å². The molecule has 110 valence electrons. The minimum Gasteiger partial charge on any atom is -0.481 e. The van der Waals surface area contributed by atoms with Crippen molar-refractivity contribution < 1.29 is 9.53 Å². The Morgan fingerprint density at radius 3 is 3.00 bits per heavy atom. The quantitative estimate of drug-likeness (QED) is 0.876. The molecule has 2 unspecified atom stereocenters. The standard InChI is InChI=1S/C15H23N3O2/c1-11-4-3-7-15(16,8-11)14(19)18-10-12-5-6-13(20-2)17-9-12/h5-6,9,11H,3-4,7-8,10,16H2,1-2H3,(H,18,19). The fraction of sp³-hybridized carbons (Fsp3) is 0.600. The van der Waals surface area contributed by atoms with Crippen molar-refractivity contribution in [1.82, 2.24) is 10.3 Å². The first-order valence-corrected chi connectivity index (χ1v) is 7.09. The van der Waals surface area contributed by atoms with Crippen molar-refractivity contribution in [2.75, 3.05) is 7.11 Å². The molecule has 1 amide bonds. The lowest BCUT2D eigenvalue weighted by Crippen LogP contribution is -2.56. The second-order valence-electron chi connectivity index (χ2n) is 5.75. The Balaban J connectivity index is 1.90. The van der Waals surface area contributed by atoms with Crippen molar-refractivity contribution in [3.8, 4) is 5.88 Å². The number of rotatable bonds is 4. The van der Waals surface area contributed by atoms with Crippen molar-refractivity contribution >= 4 is 5.91 Å². The van der Waals surface area contributed by atoms with Gasteiger partial charge in [0.15, 0.2) is 0 Å². The van der Waals surface area contributed by atoms with Crippen LogP contribution in [0.5, 0.6) is 5.88 Å². The second kappa shape index (κ2) is 6.22. The van der Waals surface area contributed by atoms with Crippen molar-refractivity contribution in [1.29, 1.82) is 0 Å². The average Bonchev–Trinajstić information content (AvgIpc) is 2.45. The van der Waals surface area contributed by atoms with Gasteiger partial charge in [-0.25, -0.2) is 4.98 Å². The number of hydrogen-bond donors (Lipinski definition) is 2. The number of amides is 1. The molecule has 1 saturated carbocycles. The molecule has 20 heavy (non-hydrogen) atoms. The van der Waals surface area contributed by atoms with Crippen LogP contribution in [0.3, 0.4) is 0 Å². The molecule has 2 rings (SSSR count). The zero-order valence-electron chi connectivity index (χ0n) is 12.2. The van der Waals surface area contributed by atoms with E-state index >= 15 is 0 Å². The Morgan fingerprint density at radius 1 is 1.60 bits per heavy atom. The van der Waals surface area contributed by atoms with Gasteiger partial charge in [0.25, 0.3) is 0 Å². The highest BCUT2D eigenvalue weighted by Crippen LogP contribution is 2.30. The molecule has 1 aliphatic carbocycles. The minimum absolute atomic E-state index is 0.0557. The fourth-order valence-corrected chi connectivity index (χ4v) is 2.79. The maximum atomic E-state index is 12.3. The Kier molecular flexibility index (Phi) is 4.60. The van der Waals surface area contributed by atoms with E-state index in [1.165, 1.54) is 0 Å². The van der Waals surface area contributed by atoms with Gasteiger partial charge in [0.2, 0.25) is 11.8 Å². The van der Waals surface area contributed by atoms with Gasteiger partial charge in [-0.15, -0.1) is 0 Å². The summed E-state index contributed by atoms with van der Waals surface area (Å²) >= 11 is 0. The number of aromatic nitrogens is 1. The van der Waals surface area contributed by atoms with Gasteiger partial charge in [0.05, 0.1) is 12.6 Å². The van der Waals surface area contributed by atoms with E-state index in [1.807, 2.05) is 6.07 Å². The largest absolute Gasteiger partial charge is 0.481 e. The predicted octanol–water partition coefficient (Wildman–Crippen LogP) is 1.61. The van der Waals surface area contributed by atoms with E-state index in [0.29, 0.717) is 18.3 Å². The first-order chi connectivity index (χ1) is 9.53. The summed E-state index contributed by atoms with van der Waals surface area (Å²) < 4.78 is 5.00. The highest BCUT2D eigenvalue weighted by Gasteiger charge is 2.37. The number of hydrogen-bond acceptors (Lipinski definition) is 4. The third-order valence-corrected chi connectivity index (χ3v) is 3.94. The molecule has 5 nitrogen and oxygen atoms in total. The summed E-state index contributed by atoms with van der Waals surface area (Å²) in [5.74, 6) is 1.03. The smallest absolute Gasteiger partial charge is 0.240 e. The summed E-state index contributed by atoms with van der Waals surface area (Å²) in [7, 11) is 1.58. The highest BCUT2D eigenvalue weighted by atomic mass is 16.5. The Labute approximate surface area is 119 Å². The number of nitrogens with two attached hydrogens (primary N) is 1. The second-order valence-corrected chi connectivity index (χ2v) is 5.75. The lowest BCUT2D eigenvalue weighted by Gasteiger charge is -2.35. The molecule has 0 aliphatic heterocycles. The molecule has 0 radical (unpaired) electrons. The van der Waals surface area contributed by atoms with Crippen LogP contribution in [0.1, 0.15) is 38.2 Å². The summed E-state index contributed by atoms with van der Waals surface area (Å²) in [6.45, 7) is 2.60. The molecular weight excluding hydrogens is 254 g/mol. The Bertz CT molecular complexity index is 461. The molecule has 2 atom stereocenters. The number of nitrogens with zero attached hydrogens (tertiary/aromatic N) is 1. The predicted molar refractivity (Wildman–Crippen MR) is 77.2 cm³/mol. The van der Waals surface area contributed by atoms with E-state index in [0.717, 1.165) is 31.2 Å². The van der Waals surface area contributed by atoms with Crippen LogP contribution in [0, 0.1) is 5.92 Å². The molecule has 0 aromatic carbocycles. The van der Waals surface area contributed by atoms with Crippen LogP contribution in [-0.2, 0) is 11.3 Å². The van der Waals surface area contributed by atoms with Crippen molar-refractivity contribution in [2.24, 2.45) is 11.7 Å². The molecule has 1 aliphatic rings. The highest BCUT2D eigenvalue weighted by molar-refractivity contribution is 5.86. The molecule has 1 aromatic rings. The van der Waals surface area contributed by atoms with Crippen molar-refractivity contribution in [2.45, 2.75) is 44.7 Å². The first-order valence-electron chi connectivity index (χ1n) is 7.09. The van der Waals surface area contributed by atoms with Gasteiger partial charge in [-0.3, -0.25) is 4.79 Å². The average molecular weight is 277 g/mol. The first kappa shape index (κ1) is 14.8. The maximum absolute atomic E-state index is 12.3. The van der Waals surface area contributed by atoms with E-state index < -0.39 is 5.54 Å². The van der Waals surface area contributed by atoms with Crippen molar-refractivity contribution in [3.63, 3.8) is 0 Å². The zero-order valence-corrected chi connectivity index (χ0v) is 12.2. The van der Waals surface area contributed by atoms with Gasteiger partial charge in [-0.05, 0) is 24.3 Å². The minimum atomic E-state index is -0.711. The number of carbonyl (C=O) groups is 1. The van der Waals surface area contributed by atoms with Gasteiger partial charge in [0.1, 0.15) is 0 Å². The van der Waals surface area contributed by atoms with Crippen LogP contribution in [0.15, 0.2) is 18.3 Å². The number of carbonyl (C=O) groups excluding carboxylic acids is 1. The van der Waals surface area contributed by atoms with E-state index in [1.54, 1.807) is 19.4 Å². The van der Waals surface area contributed by atoms with Gasteiger partial charge in [0, 0.05) is 18.8 Å². The normalized spacial score (nSPS) is 26.1. The number of nitrogens with one attached hydrogen (secondary N) is 1. The molecule has 0 spiro atoms. The summed E-state index contributed by atoms with van der Waals surface area (Å²) in [5, 5.41) is 2.92. The number of methoxy groups -OCH3 is 1. The molecule has 5 heteroatoms. The topological polar surface area (TPSA) is 77.2 Å². The molecule has 0 bridgehead atoms. The van der Waals surface area contributed by atoms with E-state index in [4.69, 9.17) is 10.5 Å². The van der Waals surface area contributed by atoms with E-state index in [-0.39, 0.29) is 5.91 Å². The third-order valence-electron chi connectivity index (χ3n) is 3.94. The lowest BCUT2D eigenvalue weighted by atomic mass is 9.76. The molecule has 0 saturated heterocycles. The SMILES string of the molecule is COc1ccc(CNC(=O)C2(N)CCCC(C)C2)cn1. The summed E-state index contributed by atoms with van der Waals surface area (Å²) in [4.78, 5) is 16.4. The van der Waals surface area contributed by atoms with Gasteiger partial charge in [-0.1, -0.05) is 25.8 Å². The van der Waals surface area contributed by atoms with Crippen LogP contribution >= 0.6 is 0 Å². The molecule has 1 aromatic heterocycles. The molecule has 1 fully saturated rings. The summed E-state index contributed by atoms with van der Waals surface area (Å²) in [6.07, 6.45) is 5.42. The van der Waals surface area contributed by atoms with Gasteiger partial charge < -0.3 is 15.8 Å². The van der Waals surface area contributed by atoms with Crippen LogP contribution in [0.4, 0.5) is 0 Å². The van der Waals surface area contributed by atoms with Crippen LogP contribution < -0.4 is 15.8 Å². The fourth-order valence-electron chi connectivity index (χ4n) is 2.79. The zero-order chi connectivity index (χ0) is 14.6. The molecule has 1 heterocycles. The van der Waals surface area contributed by atoms with Gasteiger partial charge >= 0.3 is 0 Å².